The Labute approximate surface area is 128 Å². The summed E-state index contributed by atoms with van der Waals surface area (Å²) in [6, 6.07) is 6.67. The largest absolute Gasteiger partial charge is 0.388 e. The van der Waals surface area contributed by atoms with Gasteiger partial charge in [0, 0.05) is 42.0 Å². The Kier molecular flexibility index (Phi) is 3.48. The first-order chi connectivity index (χ1) is 10.4. The second kappa shape index (κ2) is 5.21. The molecule has 0 aliphatic carbocycles. The van der Waals surface area contributed by atoms with Gasteiger partial charge in [-0.15, -0.1) is 0 Å². The number of nitro benzene ring substituents is 1. The number of nitrogens with zero attached hydrogens (tertiary/aromatic N) is 3. The molecule has 6 heteroatoms. The highest BCUT2D eigenvalue weighted by Gasteiger charge is 2.29. The van der Waals surface area contributed by atoms with Gasteiger partial charge in [-0.3, -0.25) is 15.1 Å². The molecular weight excluding hydrogens is 282 g/mol. The Hall–Kier alpha value is -2.21. The summed E-state index contributed by atoms with van der Waals surface area (Å²) in [6.07, 6.45) is 1.66. The molecule has 0 bridgehead atoms. The van der Waals surface area contributed by atoms with Crippen molar-refractivity contribution < 1.29 is 10.0 Å². The van der Waals surface area contributed by atoms with Crippen LogP contribution < -0.4 is 4.90 Å². The summed E-state index contributed by atoms with van der Waals surface area (Å²) in [7, 11) is 0. The first-order valence-electron chi connectivity index (χ1n) is 7.39. The topological polar surface area (TPSA) is 79.5 Å². The molecule has 0 spiro atoms. The second-order valence-electron chi connectivity index (χ2n) is 6.26. The van der Waals surface area contributed by atoms with Crippen LogP contribution in [0.2, 0.25) is 0 Å². The van der Waals surface area contributed by atoms with Crippen molar-refractivity contribution in [1.82, 2.24) is 4.98 Å². The zero-order valence-corrected chi connectivity index (χ0v) is 12.7. The summed E-state index contributed by atoms with van der Waals surface area (Å²) >= 11 is 0. The number of pyridine rings is 1. The third-order valence-corrected chi connectivity index (χ3v) is 4.12. The lowest BCUT2D eigenvalue weighted by molar-refractivity contribution is -0.384. The molecule has 1 N–H and O–H groups in total. The molecule has 6 nitrogen and oxygen atoms in total. The van der Waals surface area contributed by atoms with Crippen molar-refractivity contribution in [2.45, 2.75) is 32.3 Å². The van der Waals surface area contributed by atoms with Crippen molar-refractivity contribution >= 4 is 22.3 Å². The number of aryl methyl sites for hydroxylation is 1. The van der Waals surface area contributed by atoms with Crippen LogP contribution >= 0.6 is 0 Å². The predicted octanol–water partition coefficient (Wildman–Crippen LogP) is 2.80. The molecule has 1 fully saturated rings. The molecule has 0 radical (unpaired) electrons. The van der Waals surface area contributed by atoms with Crippen LogP contribution in [0.1, 0.15) is 25.5 Å². The highest BCUT2D eigenvalue weighted by molar-refractivity contribution is 5.93. The lowest BCUT2D eigenvalue weighted by atomic mass is 9.94. The fraction of sp³-hybridized carbons (Fsp3) is 0.438. The number of aromatic nitrogens is 1. The van der Waals surface area contributed by atoms with Gasteiger partial charge in [-0.1, -0.05) is 0 Å². The Balaban J connectivity index is 2.14. The van der Waals surface area contributed by atoms with Gasteiger partial charge >= 0.3 is 0 Å². The van der Waals surface area contributed by atoms with E-state index in [2.05, 4.69) is 9.88 Å². The van der Waals surface area contributed by atoms with Crippen molar-refractivity contribution in [2.75, 3.05) is 18.0 Å². The lowest BCUT2D eigenvalue weighted by Crippen LogP contribution is -2.46. The first kappa shape index (κ1) is 14.7. The van der Waals surface area contributed by atoms with Gasteiger partial charge in [0.1, 0.15) is 0 Å². The number of non-ortho nitro benzene ring substituents is 1. The molecule has 0 unspecified atom stereocenters. The molecular formula is C16H19N3O3. The van der Waals surface area contributed by atoms with Gasteiger partial charge in [0.25, 0.3) is 5.69 Å². The van der Waals surface area contributed by atoms with Crippen LogP contribution in [0.25, 0.3) is 10.9 Å². The molecule has 0 saturated carbocycles. The van der Waals surface area contributed by atoms with E-state index < -0.39 is 10.5 Å². The first-order valence-corrected chi connectivity index (χ1v) is 7.39. The Morgan fingerprint density at radius 3 is 2.86 bits per heavy atom. The highest BCUT2D eigenvalue weighted by Crippen LogP contribution is 2.33. The second-order valence-corrected chi connectivity index (χ2v) is 6.26. The number of aliphatic hydroxyl groups is 1. The zero-order valence-electron chi connectivity index (χ0n) is 12.7. The van der Waals surface area contributed by atoms with Crippen LogP contribution in [0, 0.1) is 17.0 Å². The van der Waals surface area contributed by atoms with E-state index in [0.717, 1.165) is 41.7 Å². The Bertz CT molecular complexity index is 743. The minimum Gasteiger partial charge on any atom is -0.388 e. The van der Waals surface area contributed by atoms with Crippen molar-refractivity contribution in [1.29, 1.82) is 0 Å². The van der Waals surface area contributed by atoms with E-state index in [4.69, 9.17) is 0 Å². The van der Waals surface area contributed by atoms with Gasteiger partial charge in [0.2, 0.25) is 0 Å². The number of nitro groups is 1. The van der Waals surface area contributed by atoms with E-state index in [1.165, 1.54) is 6.07 Å². The average molecular weight is 301 g/mol. The van der Waals surface area contributed by atoms with E-state index in [1.54, 1.807) is 12.1 Å². The van der Waals surface area contributed by atoms with E-state index in [-0.39, 0.29) is 5.69 Å². The van der Waals surface area contributed by atoms with Crippen molar-refractivity contribution in [3.8, 4) is 0 Å². The number of hydrogen-bond acceptors (Lipinski definition) is 5. The smallest absolute Gasteiger partial charge is 0.270 e. The van der Waals surface area contributed by atoms with Gasteiger partial charge in [0.05, 0.1) is 16.0 Å². The summed E-state index contributed by atoms with van der Waals surface area (Å²) in [5, 5.41) is 22.1. The maximum atomic E-state index is 11.0. The third kappa shape index (κ3) is 2.74. The van der Waals surface area contributed by atoms with E-state index in [1.807, 2.05) is 19.9 Å². The molecule has 1 saturated heterocycles. The molecule has 1 aromatic heterocycles. The van der Waals surface area contributed by atoms with Crippen LogP contribution in [0.4, 0.5) is 11.4 Å². The van der Waals surface area contributed by atoms with Gasteiger partial charge in [-0.2, -0.15) is 0 Å². The van der Waals surface area contributed by atoms with Crippen LogP contribution in [-0.2, 0) is 0 Å². The summed E-state index contributed by atoms with van der Waals surface area (Å²) in [4.78, 5) is 17.2. The molecule has 2 heterocycles. The minimum absolute atomic E-state index is 0.0585. The van der Waals surface area contributed by atoms with Crippen LogP contribution in [0.3, 0.4) is 0 Å². The number of β-amino-alcohol motifs (C(OH)–C–C–N with tert-alkyl or cyclic N) is 1. The molecule has 2 aromatic rings. The molecule has 22 heavy (non-hydrogen) atoms. The van der Waals surface area contributed by atoms with Crippen LogP contribution in [0.15, 0.2) is 24.3 Å². The Morgan fingerprint density at radius 1 is 1.41 bits per heavy atom. The molecule has 1 atom stereocenters. The summed E-state index contributed by atoms with van der Waals surface area (Å²) in [5.41, 5.74) is 1.84. The van der Waals surface area contributed by atoms with Crippen molar-refractivity contribution in [2.24, 2.45) is 0 Å². The number of anilines is 1. The number of piperidine rings is 1. The number of benzene rings is 1. The van der Waals surface area contributed by atoms with Gasteiger partial charge in [0.15, 0.2) is 0 Å². The molecule has 1 aliphatic heterocycles. The molecule has 116 valence electrons. The molecule has 1 aliphatic rings. The van der Waals surface area contributed by atoms with E-state index >= 15 is 0 Å². The van der Waals surface area contributed by atoms with Gasteiger partial charge in [-0.05, 0) is 38.8 Å². The minimum atomic E-state index is -0.734. The van der Waals surface area contributed by atoms with Gasteiger partial charge in [-0.25, -0.2) is 0 Å². The monoisotopic (exact) mass is 301 g/mol. The van der Waals surface area contributed by atoms with Crippen molar-refractivity contribution in [3.63, 3.8) is 0 Å². The van der Waals surface area contributed by atoms with Crippen LogP contribution in [0.5, 0.6) is 0 Å². The maximum Gasteiger partial charge on any atom is 0.270 e. The van der Waals surface area contributed by atoms with E-state index in [9.17, 15) is 15.2 Å². The molecule has 1 aromatic carbocycles. The van der Waals surface area contributed by atoms with E-state index in [0.29, 0.717) is 6.54 Å². The predicted molar refractivity (Wildman–Crippen MR) is 85.2 cm³/mol. The van der Waals surface area contributed by atoms with Crippen molar-refractivity contribution in [3.05, 3.63) is 40.1 Å². The molecule has 3 rings (SSSR count). The number of fused-ring (bicyclic) bond motifs is 1. The summed E-state index contributed by atoms with van der Waals surface area (Å²) < 4.78 is 0. The lowest BCUT2D eigenvalue weighted by Gasteiger charge is -2.38. The average Bonchev–Trinajstić information content (AvgIpc) is 2.44. The fourth-order valence-electron chi connectivity index (χ4n) is 3.13. The summed E-state index contributed by atoms with van der Waals surface area (Å²) in [5.74, 6) is 0. The zero-order chi connectivity index (χ0) is 15.9. The summed E-state index contributed by atoms with van der Waals surface area (Å²) in [6.45, 7) is 5.09. The van der Waals surface area contributed by atoms with Gasteiger partial charge < -0.3 is 10.0 Å². The fourth-order valence-corrected chi connectivity index (χ4v) is 3.13. The standard InChI is InChI=1S/C16H19N3O3/c1-11-8-15(18-7-3-6-16(2,20)10-18)13-9-12(19(21)22)4-5-14(13)17-11/h4-5,8-9,20H,3,6-7,10H2,1-2H3/t16-/m0/s1. The quantitative estimate of drug-likeness (QED) is 0.681. The third-order valence-electron chi connectivity index (χ3n) is 4.12. The number of hydrogen-bond donors (Lipinski definition) is 1. The highest BCUT2D eigenvalue weighted by atomic mass is 16.6. The normalized spacial score (nSPS) is 22.0. The van der Waals surface area contributed by atoms with Crippen LogP contribution in [-0.4, -0.2) is 33.7 Å². The molecule has 0 amide bonds. The Morgan fingerprint density at radius 2 is 2.18 bits per heavy atom. The SMILES string of the molecule is Cc1cc(N2CCC[C@](C)(O)C2)c2cc([N+](=O)[O-])ccc2n1. The maximum absolute atomic E-state index is 11.0. The number of rotatable bonds is 2.